The fourth-order valence-electron chi connectivity index (χ4n) is 6.89. The molecular formula is C41H43FN6O4. The van der Waals surface area contributed by atoms with Gasteiger partial charge in [-0.3, -0.25) is 0 Å². The lowest BCUT2D eigenvalue weighted by Gasteiger charge is -2.30. The molecule has 52 heavy (non-hydrogen) atoms. The van der Waals surface area contributed by atoms with Crippen LogP contribution >= 0.6 is 0 Å². The summed E-state index contributed by atoms with van der Waals surface area (Å²) in [5, 5.41) is 9.71. The molecule has 0 aliphatic carbocycles. The maximum Gasteiger partial charge on any atom is 0.333 e. The van der Waals surface area contributed by atoms with E-state index in [4.69, 9.17) is 19.2 Å². The molecular weight excluding hydrogens is 659 g/mol. The molecule has 7 rings (SSSR count). The van der Waals surface area contributed by atoms with Gasteiger partial charge in [-0.25, -0.2) is 18.9 Å². The van der Waals surface area contributed by atoms with Crippen molar-refractivity contribution in [1.82, 2.24) is 29.5 Å². The third kappa shape index (κ3) is 6.76. The number of hydrogen-bond acceptors (Lipinski definition) is 7. The Labute approximate surface area is 302 Å². The number of halogens is 1. The monoisotopic (exact) mass is 702 g/mol. The van der Waals surface area contributed by atoms with Gasteiger partial charge < -0.3 is 23.8 Å². The number of fused-ring (bicyclic) bond motifs is 10. The Balaban J connectivity index is 1.34. The normalized spacial score (nSPS) is 17.8. The minimum Gasteiger partial charge on any atom is -0.463 e. The number of H-pyrrole nitrogens is 1. The van der Waals surface area contributed by atoms with Gasteiger partial charge in [0, 0.05) is 65.1 Å². The van der Waals surface area contributed by atoms with E-state index in [0.29, 0.717) is 41.3 Å². The molecule has 268 valence electrons. The highest BCUT2D eigenvalue weighted by atomic mass is 19.1. The Morgan fingerprint density at radius 3 is 2.73 bits per heavy atom. The summed E-state index contributed by atoms with van der Waals surface area (Å²) in [4.78, 5) is 20.8. The van der Waals surface area contributed by atoms with Gasteiger partial charge in [-0.15, -0.1) is 5.10 Å². The smallest absolute Gasteiger partial charge is 0.333 e. The molecule has 1 unspecified atom stereocenters. The van der Waals surface area contributed by atoms with Crippen molar-refractivity contribution in [2.75, 3.05) is 13.2 Å². The lowest BCUT2D eigenvalue weighted by atomic mass is 9.75. The Morgan fingerprint density at radius 2 is 1.90 bits per heavy atom. The minimum absolute atomic E-state index is 0.120. The van der Waals surface area contributed by atoms with Gasteiger partial charge >= 0.3 is 5.97 Å². The molecule has 3 aromatic carbocycles. The van der Waals surface area contributed by atoms with Crippen molar-refractivity contribution >= 4 is 22.9 Å². The third-order valence-corrected chi connectivity index (χ3v) is 9.88. The first kappa shape index (κ1) is 34.9. The average Bonchev–Trinajstić information content (AvgIpc) is 3.89. The van der Waals surface area contributed by atoms with Gasteiger partial charge in [0.25, 0.3) is 0 Å². The van der Waals surface area contributed by atoms with Crippen LogP contribution in [-0.2, 0) is 38.9 Å². The van der Waals surface area contributed by atoms with Crippen LogP contribution in [0.5, 0.6) is 11.5 Å². The molecule has 1 aliphatic heterocycles. The highest BCUT2D eigenvalue weighted by molar-refractivity contribution is 5.93. The molecule has 0 fully saturated rings. The van der Waals surface area contributed by atoms with Crippen LogP contribution in [0.1, 0.15) is 75.5 Å². The van der Waals surface area contributed by atoms with Gasteiger partial charge in [0.1, 0.15) is 22.9 Å². The maximum atomic E-state index is 15.9. The summed E-state index contributed by atoms with van der Waals surface area (Å²) >= 11 is 0. The van der Waals surface area contributed by atoms with Crippen molar-refractivity contribution in [2.24, 2.45) is 7.05 Å². The highest BCUT2D eigenvalue weighted by Gasteiger charge is 2.33. The Kier molecular flexibility index (Phi) is 9.31. The van der Waals surface area contributed by atoms with Gasteiger partial charge in [0.2, 0.25) is 0 Å². The average molecular weight is 703 g/mol. The Morgan fingerprint density at radius 1 is 1.08 bits per heavy atom. The standard InChI is InChI=1S/C41H43FN6O4/c1-7-50-39(49)26(2)19-27-11-8-13-29(20-27)41(5)16-10-18-51-40(3,4)35-25-48(46-45-35)23-32-31-15-17-43-34(31)22-33(42)37(32)52-30-14-9-12-28(21-30)38-44-36(41)24-47(38)6/h8-9,11-15,17,19-22,24-25,43H,7,10,16,18,23H2,1-6H3/b26-19+. The first-order chi connectivity index (χ1) is 24.9. The number of nitrogens with one attached hydrogen (secondary N) is 1. The van der Waals surface area contributed by atoms with E-state index in [2.05, 4.69) is 40.5 Å². The Hall–Kier alpha value is -5.55. The van der Waals surface area contributed by atoms with E-state index in [1.54, 1.807) is 24.7 Å². The number of carbonyl (C=O) groups is 1. The number of carbonyl (C=O) groups excluding carboxylic acids is 1. The SMILES string of the molecule is CCOC(=O)/C(C)=C/c1cccc(C2(C)CCCOC(C)(C)c3cn(nn3)Cc3c(c(F)cc4[nH]ccc34)Oc3cccc(c3)-c3nc2cn3C)c1. The molecule has 3 aromatic heterocycles. The maximum absolute atomic E-state index is 15.9. The summed E-state index contributed by atoms with van der Waals surface area (Å²) in [5.74, 6) is 0.510. The molecule has 0 saturated carbocycles. The van der Waals surface area contributed by atoms with Crippen LogP contribution < -0.4 is 4.74 Å². The molecule has 10 nitrogen and oxygen atoms in total. The van der Waals surface area contributed by atoms with Crippen LogP contribution in [0.2, 0.25) is 0 Å². The van der Waals surface area contributed by atoms with Gasteiger partial charge in [-0.2, -0.15) is 0 Å². The van der Waals surface area contributed by atoms with Gasteiger partial charge in [0.05, 0.1) is 25.0 Å². The summed E-state index contributed by atoms with van der Waals surface area (Å²) in [6, 6.07) is 19.1. The van der Waals surface area contributed by atoms with Crippen molar-refractivity contribution in [2.45, 2.75) is 65.0 Å². The lowest BCUT2D eigenvalue weighted by molar-refractivity contribution is -0.138. The molecule has 0 radical (unpaired) electrons. The zero-order valence-electron chi connectivity index (χ0n) is 30.4. The van der Waals surface area contributed by atoms with Crippen LogP contribution in [0, 0.1) is 5.82 Å². The lowest BCUT2D eigenvalue weighted by Crippen LogP contribution is -2.27. The molecule has 6 bridgehead atoms. The van der Waals surface area contributed by atoms with Gasteiger partial charge in [0.15, 0.2) is 11.6 Å². The molecule has 1 N–H and O–H groups in total. The van der Waals surface area contributed by atoms with E-state index in [9.17, 15) is 4.79 Å². The van der Waals surface area contributed by atoms with Crippen LogP contribution in [0.3, 0.4) is 0 Å². The predicted octanol–water partition coefficient (Wildman–Crippen LogP) is 8.46. The number of imidazole rings is 1. The van der Waals surface area contributed by atoms with Crippen LogP contribution in [0.4, 0.5) is 4.39 Å². The molecule has 0 saturated heterocycles. The van der Waals surface area contributed by atoms with E-state index < -0.39 is 16.8 Å². The van der Waals surface area contributed by atoms with Crippen molar-refractivity contribution in [3.63, 3.8) is 0 Å². The summed E-state index contributed by atoms with van der Waals surface area (Å²) in [6.07, 6.45) is 8.99. The number of rotatable bonds is 4. The molecule has 0 spiro atoms. The zero-order valence-corrected chi connectivity index (χ0v) is 30.4. The predicted molar refractivity (Wildman–Crippen MR) is 197 cm³/mol. The first-order valence-corrected chi connectivity index (χ1v) is 17.6. The number of aromatic nitrogens is 6. The van der Waals surface area contributed by atoms with Crippen molar-refractivity contribution in [3.8, 4) is 22.9 Å². The molecule has 0 amide bonds. The number of aryl methyl sites for hydroxylation is 1. The number of nitrogens with zero attached hydrogens (tertiary/aromatic N) is 5. The second kappa shape index (κ2) is 13.9. The summed E-state index contributed by atoms with van der Waals surface area (Å²) < 4.78 is 37.7. The Bertz CT molecular complexity index is 2300. The number of aromatic amines is 1. The van der Waals surface area contributed by atoms with Crippen molar-refractivity contribution in [1.29, 1.82) is 0 Å². The first-order valence-electron chi connectivity index (χ1n) is 17.6. The number of benzene rings is 3. The number of esters is 1. The quantitative estimate of drug-likeness (QED) is 0.145. The molecule has 6 aromatic rings. The molecule has 4 heterocycles. The van der Waals surface area contributed by atoms with E-state index in [1.165, 1.54) is 6.07 Å². The topological polar surface area (TPSA) is 109 Å². The summed E-state index contributed by atoms with van der Waals surface area (Å²) in [6.45, 7) is 10.7. The number of ether oxygens (including phenoxy) is 3. The fraction of sp³-hybridized carbons (Fsp3) is 0.317. The van der Waals surface area contributed by atoms with Crippen molar-refractivity contribution in [3.05, 3.63) is 119 Å². The highest BCUT2D eigenvalue weighted by Crippen LogP contribution is 2.40. The molecule has 11 heteroatoms. The molecule has 1 aliphatic rings. The summed E-state index contributed by atoms with van der Waals surface area (Å²) in [5.41, 5.74) is 4.87. The van der Waals surface area contributed by atoms with E-state index in [0.717, 1.165) is 46.4 Å². The van der Waals surface area contributed by atoms with E-state index in [1.807, 2.05) is 80.2 Å². The van der Waals surface area contributed by atoms with Crippen LogP contribution in [0.15, 0.2) is 84.8 Å². The van der Waals surface area contributed by atoms with Gasteiger partial charge in [-0.05, 0) is 82.9 Å². The van der Waals surface area contributed by atoms with E-state index >= 15 is 4.39 Å². The van der Waals surface area contributed by atoms with Crippen LogP contribution in [0.25, 0.3) is 28.4 Å². The number of hydrogen-bond donors (Lipinski definition) is 1. The zero-order chi connectivity index (χ0) is 36.6. The fourth-order valence-corrected chi connectivity index (χ4v) is 6.89. The van der Waals surface area contributed by atoms with Gasteiger partial charge in [-0.1, -0.05) is 41.6 Å². The van der Waals surface area contributed by atoms with E-state index in [-0.39, 0.29) is 18.3 Å². The van der Waals surface area contributed by atoms with Crippen molar-refractivity contribution < 1.29 is 23.4 Å². The summed E-state index contributed by atoms with van der Waals surface area (Å²) in [7, 11) is 1.97. The second-order valence-corrected chi connectivity index (χ2v) is 14.1. The third-order valence-electron chi connectivity index (χ3n) is 9.88. The largest absolute Gasteiger partial charge is 0.463 e. The molecule has 1 atom stereocenters. The van der Waals surface area contributed by atoms with Crippen LogP contribution in [-0.4, -0.2) is 48.7 Å². The second-order valence-electron chi connectivity index (χ2n) is 14.1. The minimum atomic E-state index is -0.741.